The maximum absolute atomic E-state index is 12.9. The highest BCUT2D eigenvalue weighted by Crippen LogP contribution is 2.57. The molecule has 0 unspecified atom stereocenters. The summed E-state index contributed by atoms with van der Waals surface area (Å²) in [6, 6.07) is 10.4. The summed E-state index contributed by atoms with van der Waals surface area (Å²) in [7, 11) is 0. The van der Waals surface area contributed by atoms with Gasteiger partial charge in [-0.05, 0) is 24.3 Å². The smallest absolute Gasteiger partial charge is 0.228 e. The zero-order chi connectivity index (χ0) is 14.6. The first-order valence-corrected chi connectivity index (χ1v) is 8.15. The molecule has 3 nitrogen and oxygen atoms in total. The summed E-state index contributed by atoms with van der Waals surface area (Å²) in [4.78, 5) is 15.0. The van der Waals surface area contributed by atoms with E-state index < -0.39 is 0 Å². The van der Waals surface area contributed by atoms with Crippen LogP contribution in [0.2, 0.25) is 0 Å². The maximum atomic E-state index is 12.9. The second-order valence-electron chi connectivity index (χ2n) is 7.07. The number of benzene rings is 1. The Bertz CT molecular complexity index is 558. The predicted octanol–water partition coefficient (Wildman–Crippen LogP) is 3.37. The molecular formula is C18H23NO2. The standard InChI is InChI=1S/C18H23NO2/c1-12-8-9-15-13(2)17(20)19-16(11-21-18(15,19)10-12)14-6-4-3-5-7-14/h3-7,12-13,15-16H,8-11H2,1-2H3/t12-,13-,15-,16+,18+/m1/s1. The Labute approximate surface area is 126 Å². The molecule has 1 amide bonds. The van der Waals surface area contributed by atoms with Gasteiger partial charge in [-0.25, -0.2) is 0 Å². The van der Waals surface area contributed by atoms with E-state index in [9.17, 15) is 4.79 Å². The van der Waals surface area contributed by atoms with Gasteiger partial charge in [0.1, 0.15) is 5.72 Å². The third-order valence-electron chi connectivity index (χ3n) is 5.82. The number of hydrogen-bond donors (Lipinski definition) is 0. The molecular weight excluding hydrogens is 262 g/mol. The van der Waals surface area contributed by atoms with E-state index in [-0.39, 0.29) is 17.7 Å². The quantitative estimate of drug-likeness (QED) is 0.791. The van der Waals surface area contributed by atoms with E-state index in [4.69, 9.17) is 4.74 Å². The molecule has 2 saturated heterocycles. The predicted molar refractivity (Wildman–Crippen MR) is 80.4 cm³/mol. The van der Waals surface area contributed by atoms with E-state index in [0.717, 1.165) is 12.8 Å². The normalized spacial score (nSPS) is 42.0. The molecule has 3 fully saturated rings. The van der Waals surface area contributed by atoms with Crippen LogP contribution >= 0.6 is 0 Å². The number of carbonyl (C=O) groups excluding carboxylic acids is 1. The molecule has 1 saturated carbocycles. The van der Waals surface area contributed by atoms with Crippen LogP contribution in [0.3, 0.4) is 0 Å². The molecule has 3 aliphatic rings. The summed E-state index contributed by atoms with van der Waals surface area (Å²) in [5.74, 6) is 1.40. The lowest BCUT2D eigenvalue weighted by molar-refractivity contribution is -0.149. The minimum absolute atomic E-state index is 0.0939. The first kappa shape index (κ1) is 13.3. The van der Waals surface area contributed by atoms with E-state index >= 15 is 0 Å². The second kappa shape index (κ2) is 4.57. The van der Waals surface area contributed by atoms with Crippen molar-refractivity contribution in [2.45, 2.75) is 44.9 Å². The van der Waals surface area contributed by atoms with Crippen molar-refractivity contribution >= 4 is 5.91 Å². The Morgan fingerprint density at radius 2 is 1.95 bits per heavy atom. The van der Waals surface area contributed by atoms with Crippen LogP contribution in [0, 0.1) is 17.8 Å². The summed E-state index contributed by atoms with van der Waals surface area (Å²) in [6.45, 7) is 5.02. The fraction of sp³-hybridized carbons (Fsp3) is 0.611. The summed E-state index contributed by atoms with van der Waals surface area (Å²) >= 11 is 0. The Morgan fingerprint density at radius 1 is 1.19 bits per heavy atom. The average molecular weight is 285 g/mol. The van der Waals surface area contributed by atoms with Gasteiger partial charge in [0.05, 0.1) is 12.6 Å². The SMILES string of the molecule is C[C@@H]1CC[C@@H]2[C@@H](C)C(=O)N3[C@H](c4ccccc4)CO[C@@]23C1. The van der Waals surface area contributed by atoms with Crippen LogP contribution in [0.5, 0.6) is 0 Å². The number of carbonyl (C=O) groups is 1. The fourth-order valence-corrected chi connectivity index (χ4v) is 4.81. The highest BCUT2D eigenvalue weighted by molar-refractivity contribution is 5.83. The monoisotopic (exact) mass is 285 g/mol. The minimum Gasteiger partial charge on any atom is -0.353 e. The molecule has 2 aliphatic heterocycles. The van der Waals surface area contributed by atoms with E-state index in [1.807, 2.05) is 18.2 Å². The molecule has 21 heavy (non-hydrogen) atoms. The number of amides is 1. The first-order chi connectivity index (χ1) is 10.1. The summed E-state index contributed by atoms with van der Waals surface area (Å²) in [5.41, 5.74) is 0.878. The molecule has 4 rings (SSSR count). The fourth-order valence-electron chi connectivity index (χ4n) is 4.81. The maximum Gasteiger partial charge on any atom is 0.228 e. The van der Waals surface area contributed by atoms with Crippen molar-refractivity contribution in [2.75, 3.05) is 6.61 Å². The minimum atomic E-state index is -0.325. The van der Waals surface area contributed by atoms with Crippen molar-refractivity contribution in [2.24, 2.45) is 17.8 Å². The summed E-state index contributed by atoms with van der Waals surface area (Å²) < 4.78 is 6.35. The van der Waals surface area contributed by atoms with E-state index in [2.05, 4.69) is 30.9 Å². The number of hydrogen-bond acceptors (Lipinski definition) is 2. The van der Waals surface area contributed by atoms with Crippen molar-refractivity contribution in [3.05, 3.63) is 35.9 Å². The van der Waals surface area contributed by atoms with Crippen LogP contribution in [0.1, 0.15) is 44.7 Å². The van der Waals surface area contributed by atoms with Crippen LogP contribution in [0.4, 0.5) is 0 Å². The molecule has 1 spiro atoms. The van der Waals surface area contributed by atoms with Gasteiger partial charge in [0.15, 0.2) is 0 Å². The Morgan fingerprint density at radius 3 is 2.71 bits per heavy atom. The lowest BCUT2D eigenvalue weighted by Crippen LogP contribution is -2.49. The zero-order valence-corrected chi connectivity index (χ0v) is 12.8. The zero-order valence-electron chi connectivity index (χ0n) is 12.8. The Kier molecular flexibility index (Phi) is 2.90. The van der Waals surface area contributed by atoms with Gasteiger partial charge in [0, 0.05) is 11.8 Å². The van der Waals surface area contributed by atoms with E-state index in [0.29, 0.717) is 24.3 Å². The van der Waals surface area contributed by atoms with Crippen molar-refractivity contribution in [3.63, 3.8) is 0 Å². The summed E-state index contributed by atoms with van der Waals surface area (Å²) in [5, 5.41) is 0. The number of ether oxygens (including phenoxy) is 1. The van der Waals surface area contributed by atoms with Gasteiger partial charge in [-0.15, -0.1) is 0 Å². The average Bonchev–Trinajstić information content (AvgIpc) is 2.94. The van der Waals surface area contributed by atoms with Crippen LogP contribution in [-0.2, 0) is 9.53 Å². The van der Waals surface area contributed by atoms with Gasteiger partial charge in [-0.2, -0.15) is 0 Å². The molecule has 112 valence electrons. The molecule has 1 aliphatic carbocycles. The van der Waals surface area contributed by atoms with Crippen LogP contribution in [0.15, 0.2) is 30.3 Å². The van der Waals surface area contributed by atoms with Gasteiger partial charge in [0.2, 0.25) is 5.91 Å². The third kappa shape index (κ3) is 1.73. The highest BCUT2D eigenvalue weighted by Gasteiger charge is 2.64. The number of rotatable bonds is 1. The second-order valence-corrected chi connectivity index (χ2v) is 7.07. The van der Waals surface area contributed by atoms with Crippen LogP contribution < -0.4 is 0 Å². The van der Waals surface area contributed by atoms with E-state index in [1.165, 1.54) is 12.0 Å². The lowest BCUT2D eigenvalue weighted by Gasteiger charge is -2.43. The molecule has 1 aromatic rings. The van der Waals surface area contributed by atoms with Gasteiger partial charge in [0.25, 0.3) is 0 Å². The van der Waals surface area contributed by atoms with Crippen molar-refractivity contribution in [1.29, 1.82) is 0 Å². The highest BCUT2D eigenvalue weighted by atomic mass is 16.5. The molecule has 0 N–H and O–H groups in total. The Hall–Kier alpha value is -1.35. The molecule has 0 aromatic heterocycles. The van der Waals surface area contributed by atoms with Crippen molar-refractivity contribution < 1.29 is 9.53 Å². The molecule has 5 atom stereocenters. The molecule has 2 heterocycles. The van der Waals surface area contributed by atoms with E-state index in [1.54, 1.807) is 0 Å². The topological polar surface area (TPSA) is 29.5 Å². The third-order valence-corrected chi connectivity index (χ3v) is 5.82. The molecule has 3 heteroatoms. The lowest BCUT2D eigenvalue weighted by atomic mass is 9.73. The van der Waals surface area contributed by atoms with Crippen molar-refractivity contribution in [1.82, 2.24) is 4.90 Å². The molecule has 1 aromatic carbocycles. The van der Waals surface area contributed by atoms with Crippen molar-refractivity contribution in [3.8, 4) is 0 Å². The van der Waals surface area contributed by atoms with Crippen LogP contribution in [-0.4, -0.2) is 23.1 Å². The van der Waals surface area contributed by atoms with Gasteiger partial charge < -0.3 is 9.64 Å². The first-order valence-electron chi connectivity index (χ1n) is 8.15. The van der Waals surface area contributed by atoms with Crippen LogP contribution in [0.25, 0.3) is 0 Å². The van der Waals surface area contributed by atoms with Gasteiger partial charge >= 0.3 is 0 Å². The molecule has 0 bridgehead atoms. The summed E-state index contributed by atoms with van der Waals surface area (Å²) in [6.07, 6.45) is 3.33. The van der Waals surface area contributed by atoms with Gasteiger partial charge in [-0.3, -0.25) is 4.79 Å². The number of nitrogens with zero attached hydrogens (tertiary/aromatic N) is 1. The van der Waals surface area contributed by atoms with Gasteiger partial charge in [-0.1, -0.05) is 50.6 Å². The Balaban J connectivity index is 1.76. The molecule has 0 radical (unpaired) electrons. The largest absolute Gasteiger partial charge is 0.353 e.